The van der Waals surface area contributed by atoms with E-state index < -0.39 is 9.33 Å². The first-order chi connectivity index (χ1) is 12.3. The van der Waals surface area contributed by atoms with Gasteiger partial charge in [-0.2, -0.15) is 8.42 Å². The first kappa shape index (κ1) is 17.1. The minimum atomic E-state index is -4.10. The Kier molecular flexibility index (Phi) is 4.00. The molecule has 2 aliphatic rings. The second-order valence-corrected chi connectivity index (χ2v) is 8.53. The summed E-state index contributed by atoms with van der Waals surface area (Å²) in [6.07, 6.45) is 1.33. The quantitative estimate of drug-likeness (QED) is 0.591. The highest BCUT2D eigenvalue weighted by atomic mass is 35.7. The van der Waals surface area contributed by atoms with E-state index in [2.05, 4.69) is 0 Å². The van der Waals surface area contributed by atoms with Crippen LogP contribution in [0.2, 0.25) is 0 Å². The fourth-order valence-electron chi connectivity index (χ4n) is 3.64. The monoisotopic (exact) mass is 391 g/mol. The van der Waals surface area contributed by atoms with Crippen molar-refractivity contribution in [1.82, 2.24) is 4.90 Å². The van der Waals surface area contributed by atoms with E-state index in [1.54, 1.807) is 42.5 Å². The van der Waals surface area contributed by atoms with Gasteiger partial charge in [-0.1, -0.05) is 18.2 Å². The molecule has 0 aromatic heterocycles. The van der Waals surface area contributed by atoms with Gasteiger partial charge in [-0.25, -0.2) is 0 Å². The number of hydrogen-bond acceptors (Lipinski definition) is 5. The number of amides is 2. The van der Waals surface area contributed by atoms with Crippen LogP contribution in [0.1, 0.15) is 31.8 Å². The third-order valence-corrected chi connectivity index (χ3v) is 5.29. The molecule has 6 nitrogen and oxygen atoms in total. The van der Waals surface area contributed by atoms with Gasteiger partial charge in [0, 0.05) is 6.54 Å². The zero-order chi connectivity index (χ0) is 18.5. The van der Waals surface area contributed by atoms with E-state index in [1.165, 1.54) is 4.90 Å². The summed E-state index contributed by atoms with van der Waals surface area (Å²) in [6, 6.07) is 11.8. The summed E-state index contributed by atoms with van der Waals surface area (Å²) in [5, 5.41) is 0. The highest BCUT2D eigenvalue weighted by molar-refractivity contribution is 8.10. The molecule has 1 aliphatic carbocycles. The number of carbonyl (C=O) groups excluding carboxylic acids is 2. The van der Waals surface area contributed by atoms with Crippen molar-refractivity contribution in [2.24, 2.45) is 5.92 Å². The van der Waals surface area contributed by atoms with Crippen molar-refractivity contribution < 1.29 is 22.2 Å². The number of fused-ring (bicyclic) bond motifs is 2. The lowest BCUT2D eigenvalue weighted by Crippen LogP contribution is -2.34. The molecule has 1 unspecified atom stereocenters. The van der Waals surface area contributed by atoms with Gasteiger partial charge < -0.3 is 4.18 Å². The van der Waals surface area contributed by atoms with Gasteiger partial charge in [0.2, 0.25) is 0 Å². The van der Waals surface area contributed by atoms with Gasteiger partial charge in [0.05, 0.1) is 21.8 Å². The molecule has 1 atom stereocenters. The summed E-state index contributed by atoms with van der Waals surface area (Å²) in [5.41, 5.74) is 2.86. The SMILES string of the molecule is O=C1c2ccccc2C(=O)N1CC1Cc2ccc(OS(=O)(=O)Cl)cc2C1. The maximum Gasteiger partial charge on any atom is 0.401 e. The molecule has 8 heteroatoms. The van der Waals surface area contributed by atoms with Gasteiger partial charge >= 0.3 is 9.33 Å². The number of benzene rings is 2. The van der Waals surface area contributed by atoms with Gasteiger partial charge in [-0.3, -0.25) is 14.5 Å². The summed E-state index contributed by atoms with van der Waals surface area (Å²) < 4.78 is 26.8. The Morgan fingerprint density at radius 3 is 2.23 bits per heavy atom. The Bertz CT molecular complexity index is 999. The molecular formula is C18H14ClNO5S. The summed E-state index contributed by atoms with van der Waals surface area (Å²) >= 11 is 0. The zero-order valence-electron chi connectivity index (χ0n) is 13.5. The molecule has 0 N–H and O–H groups in total. The normalized spacial score (nSPS) is 18.8. The Morgan fingerprint density at radius 1 is 1.00 bits per heavy atom. The molecule has 0 saturated carbocycles. The topological polar surface area (TPSA) is 80.8 Å². The highest BCUT2D eigenvalue weighted by Crippen LogP contribution is 2.33. The van der Waals surface area contributed by atoms with E-state index in [9.17, 15) is 18.0 Å². The van der Waals surface area contributed by atoms with E-state index >= 15 is 0 Å². The molecule has 2 aromatic rings. The van der Waals surface area contributed by atoms with Crippen LogP contribution in [0.5, 0.6) is 5.75 Å². The van der Waals surface area contributed by atoms with Crippen LogP contribution in [0, 0.1) is 5.92 Å². The lowest BCUT2D eigenvalue weighted by Gasteiger charge is -2.18. The van der Waals surface area contributed by atoms with Crippen molar-refractivity contribution >= 4 is 31.8 Å². The zero-order valence-corrected chi connectivity index (χ0v) is 15.1. The Morgan fingerprint density at radius 2 is 1.62 bits per heavy atom. The second-order valence-electron chi connectivity index (χ2n) is 6.45. The van der Waals surface area contributed by atoms with E-state index in [0.29, 0.717) is 30.5 Å². The molecule has 2 aromatic carbocycles. The number of rotatable bonds is 4. The van der Waals surface area contributed by atoms with Gasteiger partial charge in [-0.15, -0.1) is 0 Å². The molecule has 26 heavy (non-hydrogen) atoms. The number of carbonyl (C=O) groups is 2. The maximum atomic E-state index is 12.5. The number of hydrogen-bond donors (Lipinski definition) is 0. The van der Waals surface area contributed by atoms with Crippen LogP contribution in [-0.4, -0.2) is 31.7 Å². The first-order valence-corrected chi connectivity index (χ1v) is 10.3. The van der Waals surface area contributed by atoms with Crippen LogP contribution in [0.3, 0.4) is 0 Å². The van der Waals surface area contributed by atoms with Crippen molar-refractivity contribution in [1.29, 1.82) is 0 Å². The third-order valence-electron chi connectivity index (χ3n) is 4.71. The summed E-state index contributed by atoms with van der Waals surface area (Å²) in [5.74, 6) is -0.298. The third kappa shape index (κ3) is 3.08. The average Bonchev–Trinajstić information content (AvgIpc) is 3.08. The minimum Gasteiger partial charge on any atom is -0.371 e. The molecule has 4 rings (SSSR count). The summed E-state index contributed by atoms with van der Waals surface area (Å²) in [7, 11) is 1.01. The second kappa shape index (κ2) is 6.10. The summed E-state index contributed by atoms with van der Waals surface area (Å²) in [4.78, 5) is 26.3. The van der Waals surface area contributed by atoms with E-state index in [1.807, 2.05) is 0 Å². The molecule has 0 bridgehead atoms. The Balaban J connectivity index is 1.50. The predicted octanol–water partition coefficient (Wildman–Crippen LogP) is 2.56. The van der Waals surface area contributed by atoms with Crippen molar-refractivity contribution in [3.8, 4) is 5.75 Å². The fourth-order valence-corrected chi connectivity index (χ4v) is 4.20. The number of halogens is 1. The van der Waals surface area contributed by atoms with Crippen LogP contribution < -0.4 is 4.18 Å². The lowest BCUT2D eigenvalue weighted by molar-refractivity contribution is 0.0630. The first-order valence-electron chi connectivity index (χ1n) is 8.03. The van der Waals surface area contributed by atoms with Crippen LogP contribution in [-0.2, 0) is 22.2 Å². The van der Waals surface area contributed by atoms with Crippen molar-refractivity contribution in [2.75, 3.05) is 6.54 Å². The molecule has 1 heterocycles. The van der Waals surface area contributed by atoms with Gasteiger partial charge in [0.1, 0.15) is 5.75 Å². The standard InChI is InChI=1S/C18H14ClNO5S/c19-26(23,24)25-14-6-5-12-7-11(8-13(12)9-14)10-20-17(21)15-3-1-2-4-16(15)18(20)22/h1-6,9,11H,7-8,10H2. The van der Waals surface area contributed by atoms with Crippen molar-refractivity contribution in [3.63, 3.8) is 0 Å². The van der Waals surface area contributed by atoms with Gasteiger partial charge in [0.15, 0.2) is 0 Å². The van der Waals surface area contributed by atoms with Crippen LogP contribution >= 0.6 is 10.7 Å². The number of nitrogens with zero attached hydrogens (tertiary/aromatic N) is 1. The molecule has 0 radical (unpaired) electrons. The highest BCUT2D eigenvalue weighted by Gasteiger charge is 2.37. The summed E-state index contributed by atoms with van der Waals surface area (Å²) in [6.45, 7) is 0.324. The predicted molar refractivity (Wildman–Crippen MR) is 94.5 cm³/mol. The molecule has 134 valence electrons. The molecule has 0 spiro atoms. The minimum absolute atomic E-state index is 0.0788. The average molecular weight is 392 g/mol. The molecule has 0 saturated heterocycles. The molecule has 0 fully saturated rings. The van der Waals surface area contributed by atoms with Crippen molar-refractivity contribution in [2.45, 2.75) is 12.8 Å². The Labute approximate surface area is 155 Å². The fraction of sp³-hybridized carbons (Fsp3) is 0.222. The maximum absolute atomic E-state index is 12.5. The lowest BCUT2D eigenvalue weighted by atomic mass is 10.1. The van der Waals surface area contributed by atoms with Crippen molar-refractivity contribution in [3.05, 3.63) is 64.7 Å². The van der Waals surface area contributed by atoms with E-state index in [-0.39, 0.29) is 23.5 Å². The Hall–Kier alpha value is -2.38. The smallest absolute Gasteiger partial charge is 0.371 e. The van der Waals surface area contributed by atoms with E-state index in [4.69, 9.17) is 14.9 Å². The molecular weight excluding hydrogens is 378 g/mol. The largest absolute Gasteiger partial charge is 0.401 e. The van der Waals surface area contributed by atoms with Gasteiger partial charge in [-0.05, 0) is 54.2 Å². The molecule has 2 amide bonds. The van der Waals surface area contributed by atoms with Crippen LogP contribution in [0.4, 0.5) is 0 Å². The van der Waals surface area contributed by atoms with E-state index in [0.717, 1.165) is 11.1 Å². The van der Waals surface area contributed by atoms with Crippen LogP contribution in [0.25, 0.3) is 0 Å². The van der Waals surface area contributed by atoms with Crippen LogP contribution in [0.15, 0.2) is 42.5 Å². The van der Waals surface area contributed by atoms with Gasteiger partial charge in [0.25, 0.3) is 11.8 Å². The number of imide groups is 1. The molecule has 1 aliphatic heterocycles.